The van der Waals surface area contributed by atoms with Crippen LogP contribution in [0.1, 0.15) is 36.3 Å². The number of hydrogen-bond donors (Lipinski definition) is 1. The van der Waals surface area contributed by atoms with E-state index in [2.05, 4.69) is 34.1 Å². The van der Waals surface area contributed by atoms with Crippen molar-refractivity contribution in [2.24, 2.45) is 0 Å². The first-order chi connectivity index (χ1) is 11.2. The standard InChI is InChI=1S/C19H21ClN2O/c20-16-6-15(10-21-11-16)14-7-17-9-19(23)18(8-14)22(17)12-13-4-2-1-3-5-13/h1-6,10-11,14,17-19,23H,7-9,12H2. The van der Waals surface area contributed by atoms with Gasteiger partial charge in [-0.05, 0) is 42.4 Å². The molecule has 0 amide bonds. The maximum absolute atomic E-state index is 10.5. The highest BCUT2D eigenvalue weighted by Gasteiger charge is 2.46. The fourth-order valence-electron chi connectivity index (χ4n) is 4.27. The Balaban J connectivity index is 1.54. The first kappa shape index (κ1) is 15.1. The highest BCUT2D eigenvalue weighted by molar-refractivity contribution is 6.30. The molecule has 4 heteroatoms. The van der Waals surface area contributed by atoms with Crippen molar-refractivity contribution in [1.29, 1.82) is 0 Å². The van der Waals surface area contributed by atoms with Crippen LogP contribution in [0.3, 0.4) is 0 Å². The molecule has 4 atom stereocenters. The average molecular weight is 329 g/mol. The molecular formula is C19H21ClN2O. The molecule has 120 valence electrons. The molecule has 0 spiro atoms. The van der Waals surface area contributed by atoms with Crippen molar-refractivity contribution in [3.63, 3.8) is 0 Å². The molecule has 4 rings (SSSR count). The number of halogens is 1. The van der Waals surface area contributed by atoms with Crippen LogP contribution >= 0.6 is 11.6 Å². The number of pyridine rings is 1. The largest absolute Gasteiger partial charge is 0.391 e. The van der Waals surface area contributed by atoms with E-state index in [0.717, 1.165) is 25.8 Å². The van der Waals surface area contributed by atoms with E-state index in [1.54, 1.807) is 6.20 Å². The normalized spacial score (nSPS) is 30.5. The molecule has 2 saturated heterocycles. The van der Waals surface area contributed by atoms with Crippen molar-refractivity contribution in [3.8, 4) is 0 Å². The third kappa shape index (κ3) is 3.01. The molecule has 2 aliphatic rings. The van der Waals surface area contributed by atoms with Gasteiger partial charge in [-0.1, -0.05) is 41.9 Å². The molecule has 0 aliphatic carbocycles. The van der Waals surface area contributed by atoms with Crippen molar-refractivity contribution >= 4 is 11.6 Å². The summed E-state index contributed by atoms with van der Waals surface area (Å²) < 4.78 is 0. The van der Waals surface area contributed by atoms with Crippen LogP contribution < -0.4 is 0 Å². The second kappa shape index (κ2) is 6.23. The average Bonchev–Trinajstić information content (AvgIpc) is 2.74. The predicted octanol–water partition coefficient (Wildman–Crippen LogP) is 3.62. The number of rotatable bonds is 3. The van der Waals surface area contributed by atoms with E-state index in [1.165, 1.54) is 11.1 Å². The molecule has 0 radical (unpaired) electrons. The second-order valence-corrected chi connectivity index (χ2v) is 7.22. The Kier molecular flexibility index (Phi) is 4.10. The van der Waals surface area contributed by atoms with Gasteiger partial charge in [0.05, 0.1) is 11.1 Å². The van der Waals surface area contributed by atoms with Crippen LogP contribution in [0.5, 0.6) is 0 Å². The summed E-state index contributed by atoms with van der Waals surface area (Å²) in [5.74, 6) is 0.445. The Morgan fingerprint density at radius 2 is 1.96 bits per heavy atom. The zero-order valence-electron chi connectivity index (χ0n) is 13.0. The molecule has 3 nitrogen and oxygen atoms in total. The lowest BCUT2D eigenvalue weighted by Gasteiger charge is -2.39. The van der Waals surface area contributed by atoms with E-state index in [-0.39, 0.29) is 12.1 Å². The van der Waals surface area contributed by atoms with Crippen molar-refractivity contribution in [2.75, 3.05) is 0 Å². The zero-order chi connectivity index (χ0) is 15.8. The maximum Gasteiger partial charge on any atom is 0.0710 e. The van der Waals surface area contributed by atoms with Gasteiger partial charge in [0.25, 0.3) is 0 Å². The van der Waals surface area contributed by atoms with E-state index in [4.69, 9.17) is 11.6 Å². The fraction of sp³-hybridized carbons (Fsp3) is 0.421. The smallest absolute Gasteiger partial charge is 0.0710 e. The summed E-state index contributed by atoms with van der Waals surface area (Å²) in [6.07, 6.45) is 6.31. The number of aromatic nitrogens is 1. The molecule has 2 aliphatic heterocycles. The Labute approximate surface area is 141 Å². The van der Waals surface area contributed by atoms with Crippen LogP contribution in [0, 0.1) is 0 Å². The second-order valence-electron chi connectivity index (χ2n) is 6.79. The minimum Gasteiger partial charge on any atom is -0.391 e. The summed E-state index contributed by atoms with van der Waals surface area (Å²) >= 11 is 6.09. The summed E-state index contributed by atoms with van der Waals surface area (Å²) in [4.78, 5) is 6.72. The number of fused-ring (bicyclic) bond motifs is 2. The Morgan fingerprint density at radius 3 is 2.70 bits per heavy atom. The van der Waals surface area contributed by atoms with Gasteiger partial charge in [-0.15, -0.1) is 0 Å². The van der Waals surface area contributed by atoms with Gasteiger partial charge in [0.2, 0.25) is 0 Å². The van der Waals surface area contributed by atoms with Crippen LogP contribution in [-0.4, -0.2) is 33.2 Å². The summed E-state index contributed by atoms with van der Waals surface area (Å²) in [5.41, 5.74) is 2.53. The topological polar surface area (TPSA) is 36.4 Å². The lowest BCUT2D eigenvalue weighted by atomic mass is 9.85. The SMILES string of the molecule is OC1CC2CC(c3cncc(Cl)c3)CC1N2Cc1ccccc1. The third-order valence-electron chi connectivity index (χ3n) is 5.34. The lowest BCUT2D eigenvalue weighted by molar-refractivity contribution is 0.0699. The monoisotopic (exact) mass is 328 g/mol. The molecule has 2 bridgehead atoms. The number of benzene rings is 1. The zero-order valence-corrected chi connectivity index (χ0v) is 13.7. The van der Waals surface area contributed by atoms with Crippen LogP contribution in [0.25, 0.3) is 0 Å². The first-order valence-electron chi connectivity index (χ1n) is 8.29. The van der Waals surface area contributed by atoms with Crippen molar-refractivity contribution in [1.82, 2.24) is 9.88 Å². The number of aliphatic hydroxyl groups excluding tert-OH is 1. The van der Waals surface area contributed by atoms with E-state index in [9.17, 15) is 5.11 Å². The van der Waals surface area contributed by atoms with Crippen molar-refractivity contribution in [3.05, 3.63) is 64.9 Å². The van der Waals surface area contributed by atoms with Gasteiger partial charge in [-0.3, -0.25) is 9.88 Å². The van der Waals surface area contributed by atoms with Crippen molar-refractivity contribution < 1.29 is 5.11 Å². The lowest BCUT2D eigenvalue weighted by Crippen LogP contribution is -2.43. The Hall–Kier alpha value is -1.42. The van der Waals surface area contributed by atoms with Crippen LogP contribution in [-0.2, 0) is 6.54 Å². The molecule has 1 aromatic heterocycles. The minimum atomic E-state index is -0.221. The fourth-order valence-corrected chi connectivity index (χ4v) is 4.45. The number of piperidine rings is 1. The van der Waals surface area contributed by atoms with Crippen LogP contribution in [0.2, 0.25) is 5.02 Å². The van der Waals surface area contributed by atoms with E-state index in [1.807, 2.05) is 18.3 Å². The number of hydrogen-bond acceptors (Lipinski definition) is 3. The van der Waals surface area contributed by atoms with E-state index < -0.39 is 0 Å². The highest BCUT2D eigenvalue weighted by Crippen LogP contribution is 2.44. The molecule has 2 aromatic rings. The van der Waals surface area contributed by atoms with Crippen LogP contribution in [0.4, 0.5) is 0 Å². The van der Waals surface area contributed by atoms with Crippen molar-refractivity contribution in [2.45, 2.75) is 49.9 Å². The van der Waals surface area contributed by atoms with Gasteiger partial charge < -0.3 is 5.11 Å². The first-order valence-corrected chi connectivity index (χ1v) is 8.66. The summed E-state index contributed by atoms with van der Waals surface area (Å²) in [7, 11) is 0. The molecule has 3 heterocycles. The van der Waals surface area contributed by atoms with E-state index >= 15 is 0 Å². The summed E-state index contributed by atoms with van der Waals surface area (Å²) in [5, 5.41) is 11.2. The molecule has 4 unspecified atom stereocenters. The molecule has 0 saturated carbocycles. The summed E-state index contributed by atoms with van der Waals surface area (Å²) in [6.45, 7) is 0.924. The van der Waals surface area contributed by atoms with Gasteiger partial charge in [-0.25, -0.2) is 0 Å². The summed E-state index contributed by atoms with van der Waals surface area (Å²) in [6, 6.07) is 13.2. The minimum absolute atomic E-state index is 0.221. The Morgan fingerprint density at radius 1 is 1.13 bits per heavy atom. The third-order valence-corrected chi connectivity index (χ3v) is 5.55. The molecule has 1 aromatic carbocycles. The quantitative estimate of drug-likeness (QED) is 0.935. The molecule has 1 N–H and O–H groups in total. The number of nitrogens with zero attached hydrogens (tertiary/aromatic N) is 2. The molecule has 23 heavy (non-hydrogen) atoms. The van der Waals surface area contributed by atoms with Gasteiger partial charge in [0, 0.05) is 31.0 Å². The van der Waals surface area contributed by atoms with Gasteiger partial charge in [0.15, 0.2) is 0 Å². The Bertz CT molecular complexity index is 678. The highest BCUT2D eigenvalue weighted by atomic mass is 35.5. The molecule has 2 fully saturated rings. The van der Waals surface area contributed by atoms with Crippen LogP contribution in [0.15, 0.2) is 48.8 Å². The predicted molar refractivity (Wildman–Crippen MR) is 91.4 cm³/mol. The van der Waals surface area contributed by atoms with Gasteiger partial charge >= 0.3 is 0 Å². The molecular weight excluding hydrogens is 308 g/mol. The van der Waals surface area contributed by atoms with Gasteiger partial charge in [0.1, 0.15) is 0 Å². The van der Waals surface area contributed by atoms with E-state index in [0.29, 0.717) is 17.0 Å². The maximum atomic E-state index is 10.5. The number of aliphatic hydroxyl groups is 1. The van der Waals surface area contributed by atoms with Gasteiger partial charge in [-0.2, -0.15) is 0 Å².